The van der Waals surface area contributed by atoms with Gasteiger partial charge in [-0.05, 0) is 44.0 Å². The number of halogens is 2. The number of hydrogen-bond donors (Lipinski definition) is 2. The molecule has 5 rings (SSSR count). The second-order valence-corrected chi connectivity index (χ2v) is 10.5. The molecule has 1 aliphatic heterocycles. The second-order valence-electron chi connectivity index (χ2n) is 9.18. The molecule has 206 valence electrons. The Bertz CT molecular complexity index is 1600. The van der Waals surface area contributed by atoms with E-state index in [2.05, 4.69) is 32.2 Å². The van der Waals surface area contributed by atoms with Crippen molar-refractivity contribution < 1.29 is 18.7 Å². The van der Waals surface area contributed by atoms with E-state index in [1.54, 1.807) is 35.6 Å². The number of carbonyl (C=O) groups excluding carboxylic acids is 2. The molecule has 0 saturated carbocycles. The van der Waals surface area contributed by atoms with Gasteiger partial charge in [0.15, 0.2) is 5.82 Å². The molecular weight excluding hydrogens is 555 g/mol. The molecule has 1 fully saturated rings. The summed E-state index contributed by atoms with van der Waals surface area (Å²) in [5, 5.41) is 9.31. The number of benzene rings is 2. The van der Waals surface area contributed by atoms with E-state index in [9.17, 15) is 14.0 Å². The van der Waals surface area contributed by atoms with Crippen molar-refractivity contribution in [2.45, 2.75) is 32.2 Å². The van der Waals surface area contributed by atoms with Gasteiger partial charge in [-0.1, -0.05) is 24.2 Å². The fourth-order valence-corrected chi connectivity index (χ4v) is 5.46. The lowest BCUT2D eigenvalue weighted by molar-refractivity contribution is -0.132. The van der Waals surface area contributed by atoms with Gasteiger partial charge in [-0.25, -0.2) is 19.3 Å². The lowest BCUT2D eigenvalue weighted by atomic mass is 10.1. The molecule has 0 aliphatic carbocycles. The fraction of sp³-hybridized carbons (Fsp3) is 0.250. The van der Waals surface area contributed by atoms with Gasteiger partial charge in [-0.2, -0.15) is 0 Å². The van der Waals surface area contributed by atoms with Crippen LogP contribution in [0.3, 0.4) is 0 Å². The van der Waals surface area contributed by atoms with E-state index in [-0.39, 0.29) is 22.5 Å². The van der Waals surface area contributed by atoms with Crippen molar-refractivity contribution in [2.75, 3.05) is 23.8 Å². The first-order valence-electron chi connectivity index (χ1n) is 12.6. The van der Waals surface area contributed by atoms with Crippen molar-refractivity contribution in [1.29, 1.82) is 0 Å². The van der Waals surface area contributed by atoms with Crippen molar-refractivity contribution in [1.82, 2.24) is 19.9 Å². The standard InChI is InChI=1S/C28H26ClFN6O3S/c1-3-25(37)36-10-5-8-22(36)28(38)35-21-12-17-20(13-23(21)39-11-9-24-33-16(2)14-40-24)31-15-32-27(17)34-19-7-4-6-18(29)26(19)30/h3-4,6-7,12-15,22H,1,5,8-11H2,2H3,(H,35,38)(H,31,32,34). The van der Waals surface area contributed by atoms with Gasteiger partial charge in [0, 0.05) is 35.5 Å². The van der Waals surface area contributed by atoms with Gasteiger partial charge < -0.3 is 20.3 Å². The lowest BCUT2D eigenvalue weighted by Gasteiger charge is -2.23. The van der Waals surface area contributed by atoms with Crippen LogP contribution in [0, 0.1) is 12.7 Å². The Morgan fingerprint density at radius 1 is 1.30 bits per heavy atom. The van der Waals surface area contributed by atoms with Crippen LogP contribution in [0.5, 0.6) is 5.75 Å². The molecule has 0 spiro atoms. The zero-order valence-corrected chi connectivity index (χ0v) is 23.2. The molecule has 3 heterocycles. The highest BCUT2D eigenvalue weighted by atomic mass is 35.5. The Labute approximate surface area is 239 Å². The quantitative estimate of drug-likeness (QED) is 0.246. The molecule has 0 bridgehead atoms. The maximum atomic E-state index is 14.6. The predicted molar refractivity (Wildman–Crippen MR) is 154 cm³/mol. The highest BCUT2D eigenvalue weighted by Crippen LogP contribution is 2.35. The number of anilines is 3. The molecule has 4 aromatic rings. The molecule has 2 N–H and O–H groups in total. The maximum absolute atomic E-state index is 14.6. The molecule has 12 heteroatoms. The fourth-order valence-electron chi connectivity index (χ4n) is 4.53. The molecule has 2 amide bonds. The molecule has 2 aromatic carbocycles. The molecule has 0 radical (unpaired) electrons. The molecule has 40 heavy (non-hydrogen) atoms. The van der Waals surface area contributed by atoms with Crippen LogP contribution in [0.15, 0.2) is 54.7 Å². The van der Waals surface area contributed by atoms with Gasteiger partial charge in [0.1, 0.15) is 23.9 Å². The largest absolute Gasteiger partial charge is 0.491 e. The minimum Gasteiger partial charge on any atom is -0.491 e. The number of thiazole rings is 1. The zero-order chi connectivity index (χ0) is 28.2. The number of amides is 2. The minimum absolute atomic E-state index is 0.0300. The number of ether oxygens (including phenoxy) is 1. The van der Waals surface area contributed by atoms with Gasteiger partial charge in [0.25, 0.3) is 0 Å². The number of fused-ring (bicyclic) bond motifs is 1. The van der Waals surface area contributed by atoms with Crippen LogP contribution in [0.4, 0.5) is 21.6 Å². The Kier molecular flexibility index (Phi) is 8.22. The molecular formula is C28H26ClFN6O3S. The van der Waals surface area contributed by atoms with Crippen molar-refractivity contribution in [3.63, 3.8) is 0 Å². The van der Waals surface area contributed by atoms with E-state index in [1.807, 2.05) is 12.3 Å². The third-order valence-electron chi connectivity index (χ3n) is 6.45. The van der Waals surface area contributed by atoms with Gasteiger partial charge in [-0.15, -0.1) is 11.3 Å². The summed E-state index contributed by atoms with van der Waals surface area (Å²) in [5.41, 5.74) is 1.97. The number of nitrogens with zero attached hydrogens (tertiary/aromatic N) is 4. The van der Waals surface area contributed by atoms with Crippen LogP contribution >= 0.6 is 22.9 Å². The summed E-state index contributed by atoms with van der Waals surface area (Å²) in [7, 11) is 0. The summed E-state index contributed by atoms with van der Waals surface area (Å²) >= 11 is 7.51. The van der Waals surface area contributed by atoms with Crippen molar-refractivity contribution >= 4 is 62.8 Å². The van der Waals surface area contributed by atoms with E-state index in [0.29, 0.717) is 60.6 Å². The van der Waals surface area contributed by atoms with Crippen molar-refractivity contribution in [2.24, 2.45) is 0 Å². The topological polar surface area (TPSA) is 109 Å². The Balaban J connectivity index is 1.48. The van der Waals surface area contributed by atoms with Crippen LogP contribution in [-0.2, 0) is 16.0 Å². The number of nitrogens with one attached hydrogen (secondary N) is 2. The molecule has 9 nitrogen and oxygen atoms in total. The van der Waals surface area contributed by atoms with Crippen LogP contribution in [0.2, 0.25) is 5.02 Å². The van der Waals surface area contributed by atoms with Gasteiger partial charge in [-0.3, -0.25) is 9.59 Å². The molecule has 1 atom stereocenters. The van der Waals surface area contributed by atoms with Crippen molar-refractivity contribution in [3.05, 3.63) is 76.2 Å². The highest BCUT2D eigenvalue weighted by Gasteiger charge is 2.33. The van der Waals surface area contributed by atoms with Crippen LogP contribution < -0.4 is 15.4 Å². The number of aryl methyl sites for hydroxylation is 1. The zero-order valence-electron chi connectivity index (χ0n) is 21.6. The summed E-state index contributed by atoms with van der Waals surface area (Å²) in [6, 6.07) is 7.35. The van der Waals surface area contributed by atoms with E-state index >= 15 is 0 Å². The monoisotopic (exact) mass is 580 g/mol. The first kappa shape index (κ1) is 27.5. The number of likely N-dealkylation sites (tertiary alicyclic amines) is 1. The number of carbonyl (C=O) groups is 2. The average molecular weight is 581 g/mol. The molecule has 1 unspecified atom stereocenters. The van der Waals surface area contributed by atoms with Crippen molar-refractivity contribution in [3.8, 4) is 5.75 Å². The summed E-state index contributed by atoms with van der Waals surface area (Å²) < 4.78 is 20.7. The maximum Gasteiger partial charge on any atom is 0.247 e. The third-order valence-corrected chi connectivity index (χ3v) is 7.77. The Morgan fingerprint density at radius 3 is 2.92 bits per heavy atom. The number of rotatable bonds is 9. The molecule has 1 saturated heterocycles. The van der Waals surface area contributed by atoms with Crippen LogP contribution in [0.1, 0.15) is 23.5 Å². The average Bonchev–Trinajstić information content (AvgIpc) is 3.60. The summed E-state index contributed by atoms with van der Waals surface area (Å²) in [4.78, 5) is 40.3. The smallest absolute Gasteiger partial charge is 0.247 e. The van der Waals surface area contributed by atoms with Gasteiger partial charge >= 0.3 is 0 Å². The van der Waals surface area contributed by atoms with Gasteiger partial charge in [0.2, 0.25) is 11.8 Å². The first-order chi connectivity index (χ1) is 19.3. The Hall–Kier alpha value is -4.09. The summed E-state index contributed by atoms with van der Waals surface area (Å²) in [6.07, 6.45) is 4.38. The Morgan fingerprint density at radius 2 is 2.15 bits per heavy atom. The van der Waals surface area contributed by atoms with Gasteiger partial charge in [0.05, 0.1) is 33.5 Å². The highest BCUT2D eigenvalue weighted by molar-refractivity contribution is 7.09. The van der Waals surface area contributed by atoms with E-state index < -0.39 is 11.9 Å². The predicted octanol–water partition coefficient (Wildman–Crippen LogP) is 5.67. The molecule has 2 aromatic heterocycles. The lowest BCUT2D eigenvalue weighted by Crippen LogP contribution is -2.42. The van der Waals surface area contributed by atoms with E-state index in [0.717, 1.165) is 10.7 Å². The van der Waals surface area contributed by atoms with E-state index in [4.69, 9.17) is 16.3 Å². The second kappa shape index (κ2) is 12.0. The normalized spacial score (nSPS) is 14.8. The summed E-state index contributed by atoms with van der Waals surface area (Å²) in [5.74, 6) is -0.548. The SMILES string of the molecule is C=CC(=O)N1CCCC1C(=O)Nc1cc2c(Nc3cccc(Cl)c3F)ncnc2cc1OCCc1nc(C)cs1. The number of hydrogen-bond acceptors (Lipinski definition) is 8. The third kappa shape index (κ3) is 5.90. The van der Waals surface area contributed by atoms with E-state index in [1.165, 1.54) is 23.4 Å². The first-order valence-corrected chi connectivity index (χ1v) is 13.9. The number of aromatic nitrogens is 3. The minimum atomic E-state index is -0.641. The van der Waals surface area contributed by atoms with Crippen LogP contribution in [0.25, 0.3) is 10.9 Å². The summed E-state index contributed by atoms with van der Waals surface area (Å²) in [6.45, 7) is 6.27. The molecule has 1 aliphatic rings. The van der Waals surface area contributed by atoms with Crippen LogP contribution in [-0.4, -0.2) is 50.9 Å².